The van der Waals surface area contributed by atoms with Gasteiger partial charge in [0.1, 0.15) is 0 Å². The van der Waals surface area contributed by atoms with E-state index in [-0.39, 0.29) is 0 Å². The van der Waals surface area contributed by atoms with Crippen LogP contribution >= 0.6 is 24.4 Å². The van der Waals surface area contributed by atoms with Gasteiger partial charge in [-0.05, 0) is 23.3 Å². The van der Waals surface area contributed by atoms with Gasteiger partial charge in [-0.3, -0.25) is 0 Å². The van der Waals surface area contributed by atoms with Crippen LogP contribution in [0.2, 0.25) is 0 Å². The summed E-state index contributed by atoms with van der Waals surface area (Å²) in [4.78, 5) is 1.96. The average molecular weight is 207 g/mol. The summed E-state index contributed by atoms with van der Waals surface area (Å²) in [6, 6.07) is 5.86. The Morgan fingerprint density at radius 2 is 1.92 bits per heavy atom. The van der Waals surface area contributed by atoms with E-state index in [1.807, 2.05) is 18.2 Å². The van der Waals surface area contributed by atoms with Crippen molar-refractivity contribution >= 4 is 39.9 Å². The zero-order chi connectivity index (χ0) is 9.42. The second-order valence-corrected chi connectivity index (χ2v) is 4.30. The minimum Gasteiger partial charge on any atom is -0.399 e. The summed E-state index contributed by atoms with van der Waals surface area (Å²) in [6.45, 7) is 0. The lowest BCUT2D eigenvalue weighted by Crippen LogP contribution is -2.17. The lowest BCUT2D eigenvalue weighted by Gasteiger charge is -2.17. The SMILES string of the molecule is Nc1ccc2c(c1)C(=S)CC(=S)C2. The largest absolute Gasteiger partial charge is 0.399 e. The van der Waals surface area contributed by atoms with Crippen molar-refractivity contribution in [1.82, 2.24) is 0 Å². The van der Waals surface area contributed by atoms with Crippen LogP contribution in [-0.2, 0) is 6.42 Å². The highest BCUT2D eigenvalue weighted by Crippen LogP contribution is 2.22. The number of rotatable bonds is 0. The molecule has 0 aliphatic heterocycles. The van der Waals surface area contributed by atoms with Gasteiger partial charge < -0.3 is 5.73 Å². The first-order chi connectivity index (χ1) is 6.16. The summed E-state index contributed by atoms with van der Waals surface area (Å²) in [5.41, 5.74) is 8.79. The minimum absolute atomic E-state index is 0.765. The lowest BCUT2D eigenvalue weighted by molar-refractivity contribution is 1.27. The van der Waals surface area contributed by atoms with Crippen molar-refractivity contribution in [3.8, 4) is 0 Å². The highest BCUT2D eigenvalue weighted by Gasteiger charge is 2.17. The Kier molecular flexibility index (Phi) is 2.14. The zero-order valence-corrected chi connectivity index (χ0v) is 8.67. The smallest absolute Gasteiger partial charge is 0.0320 e. The molecule has 0 saturated heterocycles. The molecular weight excluding hydrogens is 198 g/mol. The topological polar surface area (TPSA) is 26.0 Å². The van der Waals surface area contributed by atoms with Gasteiger partial charge >= 0.3 is 0 Å². The molecule has 0 bridgehead atoms. The maximum absolute atomic E-state index is 5.69. The Bertz CT molecular complexity index is 396. The molecule has 0 saturated carbocycles. The number of hydrogen-bond acceptors (Lipinski definition) is 3. The number of thiocarbonyl (C=S) groups is 2. The van der Waals surface area contributed by atoms with Gasteiger partial charge in [0, 0.05) is 28.3 Å². The summed E-state index contributed by atoms with van der Waals surface area (Å²) in [6.07, 6.45) is 1.63. The second kappa shape index (κ2) is 3.16. The van der Waals surface area contributed by atoms with Crippen molar-refractivity contribution in [3.63, 3.8) is 0 Å². The molecule has 0 fully saturated rings. The summed E-state index contributed by atoms with van der Waals surface area (Å²) in [5.74, 6) is 0. The Morgan fingerprint density at radius 1 is 1.15 bits per heavy atom. The highest BCUT2D eigenvalue weighted by atomic mass is 32.1. The number of anilines is 1. The van der Waals surface area contributed by atoms with Crippen LogP contribution in [0, 0.1) is 0 Å². The van der Waals surface area contributed by atoms with Crippen LogP contribution < -0.4 is 5.73 Å². The van der Waals surface area contributed by atoms with Gasteiger partial charge in [0.15, 0.2) is 0 Å². The zero-order valence-electron chi connectivity index (χ0n) is 7.04. The third kappa shape index (κ3) is 1.62. The van der Waals surface area contributed by atoms with E-state index in [2.05, 4.69) is 0 Å². The van der Waals surface area contributed by atoms with Gasteiger partial charge in [-0.25, -0.2) is 0 Å². The van der Waals surface area contributed by atoms with E-state index in [0.717, 1.165) is 33.8 Å². The van der Waals surface area contributed by atoms with Crippen LogP contribution in [0.3, 0.4) is 0 Å². The van der Waals surface area contributed by atoms with Crippen LogP contribution in [-0.4, -0.2) is 9.73 Å². The van der Waals surface area contributed by atoms with Gasteiger partial charge in [0.2, 0.25) is 0 Å². The number of fused-ring (bicyclic) bond motifs is 1. The Hall–Kier alpha value is -0.800. The van der Waals surface area contributed by atoms with Crippen LogP contribution in [0.5, 0.6) is 0 Å². The first-order valence-electron chi connectivity index (χ1n) is 4.10. The Labute approximate surface area is 87.9 Å². The highest BCUT2D eigenvalue weighted by molar-refractivity contribution is 7.82. The fourth-order valence-electron chi connectivity index (χ4n) is 1.56. The monoisotopic (exact) mass is 207 g/mol. The molecule has 0 radical (unpaired) electrons. The van der Waals surface area contributed by atoms with Crippen molar-refractivity contribution in [2.45, 2.75) is 12.8 Å². The number of nitrogen functional groups attached to an aromatic ring is 1. The molecular formula is C10H9NS2. The molecule has 66 valence electrons. The molecule has 0 atom stereocenters. The molecule has 2 N–H and O–H groups in total. The van der Waals surface area contributed by atoms with Gasteiger partial charge in [-0.2, -0.15) is 0 Å². The van der Waals surface area contributed by atoms with E-state index in [1.54, 1.807) is 0 Å². The first-order valence-corrected chi connectivity index (χ1v) is 4.92. The first kappa shape index (κ1) is 8.78. The maximum atomic E-state index is 5.69. The van der Waals surface area contributed by atoms with Crippen LogP contribution in [0.25, 0.3) is 0 Å². The van der Waals surface area contributed by atoms with Crippen molar-refractivity contribution in [3.05, 3.63) is 29.3 Å². The Morgan fingerprint density at radius 3 is 2.69 bits per heavy atom. The van der Waals surface area contributed by atoms with E-state index >= 15 is 0 Å². The van der Waals surface area contributed by atoms with Crippen molar-refractivity contribution in [2.24, 2.45) is 0 Å². The average Bonchev–Trinajstić information content (AvgIpc) is 2.06. The fourth-order valence-corrected chi connectivity index (χ4v) is 2.31. The number of benzene rings is 1. The predicted octanol–water partition coefficient (Wildman–Crippen LogP) is 2.30. The van der Waals surface area contributed by atoms with E-state index in [9.17, 15) is 0 Å². The number of hydrogen-bond donors (Lipinski definition) is 1. The quantitative estimate of drug-likeness (QED) is 0.522. The van der Waals surface area contributed by atoms with E-state index in [0.29, 0.717) is 0 Å². The summed E-state index contributed by atoms with van der Waals surface area (Å²) in [5, 5.41) is 0. The Balaban J connectivity index is 2.55. The molecule has 0 amide bonds. The van der Waals surface area contributed by atoms with Crippen molar-refractivity contribution in [2.75, 3.05) is 5.73 Å². The third-order valence-electron chi connectivity index (χ3n) is 2.18. The minimum atomic E-state index is 0.765. The molecule has 13 heavy (non-hydrogen) atoms. The molecule has 1 aromatic rings. The molecule has 0 heterocycles. The van der Waals surface area contributed by atoms with Crippen molar-refractivity contribution < 1.29 is 0 Å². The molecule has 1 nitrogen and oxygen atoms in total. The molecule has 1 aromatic carbocycles. The van der Waals surface area contributed by atoms with Gasteiger partial charge in [-0.15, -0.1) is 0 Å². The maximum Gasteiger partial charge on any atom is 0.0320 e. The fraction of sp³-hybridized carbons (Fsp3) is 0.200. The standard InChI is InChI=1S/C10H9NS2/c11-7-2-1-6-3-8(12)5-10(13)9(6)4-7/h1-2,4H,3,5,11H2. The summed E-state index contributed by atoms with van der Waals surface area (Å²) >= 11 is 10.4. The molecule has 3 heteroatoms. The van der Waals surface area contributed by atoms with Crippen LogP contribution in [0.4, 0.5) is 5.69 Å². The molecule has 0 unspecified atom stereocenters. The summed E-state index contributed by atoms with van der Waals surface area (Å²) < 4.78 is 0. The molecule has 1 aliphatic rings. The third-order valence-corrected chi connectivity index (χ3v) is 2.83. The summed E-state index contributed by atoms with van der Waals surface area (Å²) in [7, 11) is 0. The second-order valence-electron chi connectivity index (χ2n) is 3.23. The van der Waals surface area contributed by atoms with Gasteiger partial charge in [0.05, 0.1) is 0 Å². The molecule has 0 aromatic heterocycles. The lowest BCUT2D eigenvalue weighted by atomic mass is 9.91. The van der Waals surface area contributed by atoms with Crippen LogP contribution in [0.1, 0.15) is 17.5 Å². The van der Waals surface area contributed by atoms with Gasteiger partial charge in [-0.1, -0.05) is 30.5 Å². The normalized spacial score (nSPS) is 15.7. The van der Waals surface area contributed by atoms with Gasteiger partial charge in [0.25, 0.3) is 0 Å². The van der Waals surface area contributed by atoms with E-state index < -0.39 is 0 Å². The number of nitrogens with two attached hydrogens (primary N) is 1. The van der Waals surface area contributed by atoms with E-state index in [4.69, 9.17) is 30.2 Å². The molecule has 1 aliphatic carbocycles. The molecule has 0 spiro atoms. The van der Waals surface area contributed by atoms with E-state index in [1.165, 1.54) is 5.56 Å². The van der Waals surface area contributed by atoms with Crippen molar-refractivity contribution in [1.29, 1.82) is 0 Å². The molecule has 2 rings (SSSR count). The predicted molar refractivity (Wildman–Crippen MR) is 63.5 cm³/mol. The van der Waals surface area contributed by atoms with Crippen LogP contribution in [0.15, 0.2) is 18.2 Å².